The van der Waals surface area contributed by atoms with Crippen molar-refractivity contribution >= 4 is 11.9 Å². The second kappa shape index (κ2) is 10.0. The third-order valence-corrected chi connectivity index (χ3v) is 5.24. The van der Waals surface area contributed by atoms with Crippen LogP contribution in [0.25, 0.3) is 0 Å². The van der Waals surface area contributed by atoms with Crippen LogP contribution in [0.2, 0.25) is 0 Å². The Balaban J connectivity index is 1.39. The maximum Gasteiger partial charge on any atom is 0.308 e. The SMILES string of the molecule is N[C@@H](CC(=O)OCc1ccccc1)C(=O)N1CCC(Cc2ccccc2)CC1. The average Bonchev–Trinajstić information content (AvgIpc) is 2.74. The molecule has 1 fully saturated rings. The number of piperidine rings is 1. The van der Waals surface area contributed by atoms with Crippen molar-refractivity contribution in [3.8, 4) is 0 Å². The highest BCUT2D eigenvalue weighted by atomic mass is 16.5. The number of ether oxygens (including phenoxy) is 1. The van der Waals surface area contributed by atoms with Gasteiger partial charge in [-0.2, -0.15) is 0 Å². The van der Waals surface area contributed by atoms with Crippen molar-refractivity contribution in [3.05, 3.63) is 71.8 Å². The molecule has 0 spiro atoms. The molecule has 1 saturated heterocycles. The van der Waals surface area contributed by atoms with Crippen LogP contribution >= 0.6 is 0 Å². The number of benzene rings is 2. The van der Waals surface area contributed by atoms with Crippen molar-refractivity contribution in [2.75, 3.05) is 13.1 Å². The van der Waals surface area contributed by atoms with Crippen LogP contribution in [-0.2, 0) is 27.4 Å². The van der Waals surface area contributed by atoms with E-state index >= 15 is 0 Å². The Bertz CT molecular complexity index is 756. The van der Waals surface area contributed by atoms with Gasteiger partial charge < -0.3 is 15.4 Å². The molecule has 5 nitrogen and oxygen atoms in total. The molecule has 3 rings (SSSR count). The van der Waals surface area contributed by atoms with Crippen molar-refractivity contribution in [1.82, 2.24) is 4.90 Å². The molecule has 0 radical (unpaired) electrons. The number of carbonyl (C=O) groups is 2. The van der Waals surface area contributed by atoms with Gasteiger partial charge in [-0.3, -0.25) is 9.59 Å². The Labute approximate surface area is 166 Å². The molecule has 1 aliphatic rings. The molecule has 1 amide bonds. The lowest BCUT2D eigenvalue weighted by atomic mass is 9.90. The van der Waals surface area contributed by atoms with Crippen LogP contribution in [0.3, 0.4) is 0 Å². The first-order valence-corrected chi connectivity index (χ1v) is 9.89. The van der Waals surface area contributed by atoms with Gasteiger partial charge in [0.15, 0.2) is 0 Å². The summed E-state index contributed by atoms with van der Waals surface area (Å²) in [6.07, 6.45) is 2.88. The Hall–Kier alpha value is -2.66. The maximum atomic E-state index is 12.6. The molecule has 0 saturated carbocycles. The molecule has 1 heterocycles. The summed E-state index contributed by atoms with van der Waals surface area (Å²) in [4.78, 5) is 26.4. The molecule has 28 heavy (non-hydrogen) atoms. The van der Waals surface area contributed by atoms with E-state index in [1.807, 2.05) is 36.4 Å². The highest BCUT2D eigenvalue weighted by molar-refractivity contribution is 5.86. The molecule has 0 unspecified atom stereocenters. The summed E-state index contributed by atoms with van der Waals surface area (Å²) in [6.45, 7) is 1.59. The summed E-state index contributed by atoms with van der Waals surface area (Å²) in [5.41, 5.74) is 8.24. The fraction of sp³-hybridized carbons (Fsp3) is 0.391. The predicted molar refractivity (Wildman–Crippen MR) is 108 cm³/mol. The molecule has 0 bridgehead atoms. The molecule has 2 N–H and O–H groups in total. The van der Waals surface area contributed by atoms with E-state index in [4.69, 9.17) is 10.5 Å². The summed E-state index contributed by atoms with van der Waals surface area (Å²) in [6, 6.07) is 19.1. The quantitative estimate of drug-likeness (QED) is 0.750. The molecule has 0 aromatic heterocycles. The van der Waals surface area contributed by atoms with Gasteiger partial charge in [-0.05, 0) is 36.3 Å². The molecular formula is C23H28N2O3. The van der Waals surface area contributed by atoms with Crippen LogP contribution in [0.5, 0.6) is 0 Å². The molecule has 1 atom stereocenters. The van der Waals surface area contributed by atoms with Crippen LogP contribution in [0, 0.1) is 5.92 Å². The van der Waals surface area contributed by atoms with Gasteiger partial charge in [-0.1, -0.05) is 60.7 Å². The number of rotatable bonds is 7. The van der Waals surface area contributed by atoms with E-state index in [-0.39, 0.29) is 18.9 Å². The number of likely N-dealkylation sites (tertiary alicyclic amines) is 1. The molecule has 5 heteroatoms. The Kier molecular flexibility index (Phi) is 7.20. The van der Waals surface area contributed by atoms with Crippen molar-refractivity contribution in [2.45, 2.75) is 38.3 Å². The minimum absolute atomic E-state index is 0.0877. The molecule has 1 aliphatic heterocycles. The van der Waals surface area contributed by atoms with Gasteiger partial charge in [0.25, 0.3) is 0 Å². The number of esters is 1. The lowest BCUT2D eigenvalue weighted by Gasteiger charge is -2.33. The zero-order valence-electron chi connectivity index (χ0n) is 16.1. The number of carbonyl (C=O) groups excluding carboxylic acids is 2. The van der Waals surface area contributed by atoms with Gasteiger partial charge in [0.05, 0.1) is 12.5 Å². The van der Waals surface area contributed by atoms with E-state index in [1.54, 1.807) is 4.90 Å². The maximum absolute atomic E-state index is 12.6. The van der Waals surface area contributed by atoms with Gasteiger partial charge >= 0.3 is 5.97 Å². The van der Waals surface area contributed by atoms with Gasteiger partial charge in [0, 0.05) is 13.1 Å². The first kappa shape index (κ1) is 20.1. The van der Waals surface area contributed by atoms with Crippen LogP contribution in [0.15, 0.2) is 60.7 Å². The monoisotopic (exact) mass is 380 g/mol. The van der Waals surface area contributed by atoms with Gasteiger partial charge in [-0.25, -0.2) is 0 Å². The molecule has 148 valence electrons. The van der Waals surface area contributed by atoms with E-state index < -0.39 is 12.0 Å². The highest BCUT2D eigenvalue weighted by Crippen LogP contribution is 2.22. The zero-order chi connectivity index (χ0) is 19.8. The summed E-state index contributed by atoms with van der Waals surface area (Å²) in [5.74, 6) is -0.0167. The third-order valence-electron chi connectivity index (χ3n) is 5.24. The molecule has 2 aromatic carbocycles. The Morgan fingerprint density at radius 2 is 1.54 bits per heavy atom. The summed E-state index contributed by atoms with van der Waals surface area (Å²) in [5, 5.41) is 0. The van der Waals surface area contributed by atoms with E-state index in [9.17, 15) is 9.59 Å². The average molecular weight is 380 g/mol. The number of hydrogen-bond donors (Lipinski definition) is 1. The van der Waals surface area contributed by atoms with E-state index in [0.29, 0.717) is 19.0 Å². The third kappa shape index (κ3) is 5.92. The summed E-state index contributed by atoms with van der Waals surface area (Å²) in [7, 11) is 0. The van der Waals surface area contributed by atoms with Gasteiger partial charge in [0.2, 0.25) is 5.91 Å². The van der Waals surface area contributed by atoms with Crippen molar-refractivity contribution in [1.29, 1.82) is 0 Å². The first-order valence-electron chi connectivity index (χ1n) is 9.89. The van der Waals surface area contributed by atoms with Gasteiger partial charge in [0.1, 0.15) is 6.61 Å². The summed E-state index contributed by atoms with van der Waals surface area (Å²) < 4.78 is 5.23. The van der Waals surface area contributed by atoms with Crippen molar-refractivity contribution in [3.63, 3.8) is 0 Å². The number of nitrogens with zero attached hydrogens (tertiary/aromatic N) is 1. The lowest BCUT2D eigenvalue weighted by molar-refractivity contribution is -0.148. The lowest BCUT2D eigenvalue weighted by Crippen LogP contribution is -2.48. The van der Waals surface area contributed by atoms with E-state index in [0.717, 1.165) is 24.8 Å². The zero-order valence-corrected chi connectivity index (χ0v) is 16.1. The first-order chi connectivity index (χ1) is 13.6. The highest BCUT2D eigenvalue weighted by Gasteiger charge is 2.28. The second-order valence-corrected chi connectivity index (χ2v) is 7.42. The van der Waals surface area contributed by atoms with Crippen molar-refractivity contribution < 1.29 is 14.3 Å². The standard InChI is InChI=1S/C23H28N2O3/c24-21(16-22(26)28-17-20-9-5-2-6-10-20)23(27)25-13-11-19(12-14-25)15-18-7-3-1-4-8-18/h1-10,19,21H,11-17,24H2/t21-/m0/s1. The predicted octanol–water partition coefficient (Wildman–Crippen LogP) is 2.93. The second-order valence-electron chi connectivity index (χ2n) is 7.42. The van der Waals surface area contributed by atoms with E-state index in [2.05, 4.69) is 24.3 Å². The topological polar surface area (TPSA) is 72.6 Å². The Morgan fingerprint density at radius 1 is 0.964 bits per heavy atom. The van der Waals surface area contributed by atoms with Crippen LogP contribution < -0.4 is 5.73 Å². The largest absolute Gasteiger partial charge is 0.461 e. The molecule has 2 aromatic rings. The fourth-order valence-corrected chi connectivity index (χ4v) is 3.60. The normalized spacial score (nSPS) is 15.8. The Morgan fingerprint density at radius 3 is 2.14 bits per heavy atom. The summed E-state index contributed by atoms with van der Waals surface area (Å²) >= 11 is 0. The van der Waals surface area contributed by atoms with Crippen LogP contribution in [-0.4, -0.2) is 35.9 Å². The van der Waals surface area contributed by atoms with Crippen molar-refractivity contribution in [2.24, 2.45) is 11.7 Å². The fourth-order valence-electron chi connectivity index (χ4n) is 3.60. The number of hydrogen-bond acceptors (Lipinski definition) is 4. The van der Waals surface area contributed by atoms with Gasteiger partial charge in [-0.15, -0.1) is 0 Å². The molecule has 0 aliphatic carbocycles. The number of nitrogens with two attached hydrogens (primary N) is 1. The smallest absolute Gasteiger partial charge is 0.308 e. The van der Waals surface area contributed by atoms with E-state index in [1.165, 1.54) is 5.56 Å². The van der Waals surface area contributed by atoms with Crippen LogP contribution in [0.4, 0.5) is 0 Å². The minimum Gasteiger partial charge on any atom is -0.461 e. The van der Waals surface area contributed by atoms with Crippen LogP contribution in [0.1, 0.15) is 30.4 Å². The minimum atomic E-state index is -0.839. The number of amides is 1. The molecular weight excluding hydrogens is 352 g/mol.